The Hall–Kier alpha value is -0.610. The quantitative estimate of drug-likeness (QED) is 0.748. The number of ether oxygens (including phenoxy) is 1. The number of likely N-dealkylation sites (N-methyl/N-ethyl adjacent to an activating group) is 1. The van der Waals surface area contributed by atoms with Crippen LogP contribution in [0, 0.1) is 0 Å². The average molecular weight is 227 g/mol. The largest absolute Gasteiger partial charge is 0.480 e. The summed E-state index contributed by atoms with van der Waals surface area (Å²) in [5.74, 6) is -0.728. The van der Waals surface area contributed by atoms with E-state index in [9.17, 15) is 9.90 Å². The van der Waals surface area contributed by atoms with Crippen molar-refractivity contribution in [1.82, 2.24) is 5.32 Å². The van der Waals surface area contributed by atoms with E-state index < -0.39 is 11.5 Å². The summed E-state index contributed by atoms with van der Waals surface area (Å²) in [6.45, 7) is 2.65. The van der Waals surface area contributed by atoms with E-state index in [4.69, 9.17) is 4.74 Å². The number of hydrogen-bond donors (Lipinski definition) is 2. The van der Waals surface area contributed by atoms with E-state index in [2.05, 4.69) is 5.32 Å². The Morgan fingerprint density at radius 1 is 1.44 bits per heavy atom. The Morgan fingerprint density at radius 2 is 2.19 bits per heavy atom. The molecule has 4 nitrogen and oxygen atoms in total. The Bertz CT molecular complexity index is 265. The molecule has 0 bridgehead atoms. The first-order valence-electron chi connectivity index (χ1n) is 6.30. The van der Waals surface area contributed by atoms with Crippen LogP contribution in [-0.2, 0) is 9.53 Å². The standard InChI is InChI=1S/C12H21NO3/c1-2-13-12(11(14)15)7-6-10(8-12)16-9-4-3-5-9/h9-10,13H,2-8H2,1H3,(H,14,15). The number of hydrogen-bond acceptors (Lipinski definition) is 3. The van der Waals surface area contributed by atoms with Gasteiger partial charge in [0.1, 0.15) is 5.54 Å². The molecule has 0 radical (unpaired) electrons. The Labute approximate surface area is 96.4 Å². The number of rotatable bonds is 5. The Kier molecular flexibility index (Phi) is 3.50. The van der Waals surface area contributed by atoms with Gasteiger partial charge in [-0.05, 0) is 38.6 Å². The fourth-order valence-corrected chi connectivity index (χ4v) is 2.66. The summed E-state index contributed by atoms with van der Waals surface area (Å²) in [7, 11) is 0. The van der Waals surface area contributed by atoms with Gasteiger partial charge in [-0.1, -0.05) is 6.92 Å². The number of carboxylic acids is 1. The maximum atomic E-state index is 11.3. The molecule has 0 aromatic heterocycles. The van der Waals surface area contributed by atoms with Gasteiger partial charge in [0.15, 0.2) is 0 Å². The lowest BCUT2D eigenvalue weighted by atomic mass is 9.95. The molecular formula is C12H21NO3. The molecule has 0 amide bonds. The maximum Gasteiger partial charge on any atom is 0.323 e. The zero-order valence-electron chi connectivity index (χ0n) is 9.87. The zero-order valence-corrected chi connectivity index (χ0v) is 9.87. The van der Waals surface area contributed by atoms with Gasteiger partial charge in [0.05, 0.1) is 12.2 Å². The summed E-state index contributed by atoms with van der Waals surface area (Å²) >= 11 is 0. The van der Waals surface area contributed by atoms with Gasteiger partial charge in [-0.3, -0.25) is 4.79 Å². The molecule has 16 heavy (non-hydrogen) atoms. The van der Waals surface area contributed by atoms with Crippen molar-refractivity contribution in [2.75, 3.05) is 6.54 Å². The number of carboxylic acid groups (broad SMARTS) is 1. The summed E-state index contributed by atoms with van der Waals surface area (Å²) in [6, 6.07) is 0. The van der Waals surface area contributed by atoms with E-state index in [0.29, 0.717) is 25.5 Å². The Balaban J connectivity index is 1.89. The SMILES string of the molecule is CCNC1(C(=O)O)CCC(OC2CCC2)C1. The second-order valence-electron chi connectivity index (χ2n) is 4.97. The summed E-state index contributed by atoms with van der Waals surface area (Å²) in [6.07, 6.45) is 6.27. The highest BCUT2D eigenvalue weighted by molar-refractivity contribution is 5.79. The van der Waals surface area contributed by atoms with Gasteiger partial charge in [-0.25, -0.2) is 0 Å². The Morgan fingerprint density at radius 3 is 2.69 bits per heavy atom. The first kappa shape index (κ1) is 11.9. The third-order valence-electron chi connectivity index (χ3n) is 3.83. The lowest BCUT2D eigenvalue weighted by molar-refractivity contribution is -0.145. The monoisotopic (exact) mass is 227 g/mol. The van der Waals surface area contributed by atoms with Crippen molar-refractivity contribution < 1.29 is 14.6 Å². The molecule has 2 N–H and O–H groups in total. The lowest BCUT2D eigenvalue weighted by Gasteiger charge is -2.30. The van der Waals surface area contributed by atoms with Gasteiger partial charge in [-0.15, -0.1) is 0 Å². The molecule has 2 unspecified atom stereocenters. The smallest absolute Gasteiger partial charge is 0.323 e. The molecule has 0 aromatic rings. The van der Waals surface area contributed by atoms with E-state index in [1.807, 2.05) is 6.92 Å². The molecule has 2 rings (SSSR count). The van der Waals surface area contributed by atoms with Gasteiger partial charge in [0, 0.05) is 6.42 Å². The summed E-state index contributed by atoms with van der Waals surface area (Å²) in [4.78, 5) is 11.3. The molecule has 92 valence electrons. The van der Waals surface area contributed by atoms with Crippen molar-refractivity contribution in [2.45, 2.75) is 63.2 Å². The molecule has 0 aromatic carbocycles. The average Bonchev–Trinajstić information content (AvgIpc) is 2.57. The normalized spacial score (nSPS) is 34.9. The van der Waals surface area contributed by atoms with E-state index in [0.717, 1.165) is 19.3 Å². The van der Waals surface area contributed by atoms with Crippen LogP contribution < -0.4 is 5.32 Å². The van der Waals surface area contributed by atoms with Crippen LogP contribution in [0.25, 0.3) is 0 Å². The van der Waals surface area contributed by atoms with Gasteiger partial charge in [0.25, 0.3) is 0 Å². The maximum absolute atomic E-state index is 11.3. The minimum absolute atomic E-state index is 0.139. The van der Waals surface area contributed by atoms with Gasteiger partial charge in [0.2, 0.25) is 0 Å². The fourth-order valence-electron chi connectivity index (χ4n) is 2.66. The molecule has 0 spiro atoms. The summed E-state index contributed by atoms with van der Waals surface area (Å²) in [5.41, 5.74) is -0.733. The van der Waals surface area contributed by atoms with Crippen molar-refractivity contribution in [3.8, 4) is 0 Å². The van der Waals surface area contributed by atoms with Crippen LogP contribution in [0.3, 0.4) is 0 Å². The van der Waals surface area contributed by atoms with Crippen LogP contribution in [-0.4, -0.2) is 35.4 Å². The highest BCUT2D eigenvalue weighted by Crippen LogP contribution is 2.35. The van der Waals surface area contributed by atoms with Crippen molar-refractivity contribution >= 4 is 5.97 Å². The van der Waals surface area contributed by atoms with Crippen LogP contribution in [0.15, 0.2) is 0 Å². The molecule has 2 atom stereocenters. The molecule has 0 heterocycles. The van der Waals surface area contributed by atoms with Gasteiger partial charge in [-0.2, -0.15) is 0 Å². The van der Waals surface area contributed by atoms with Crippen LogP contribution in [0.1, 0.15) is 45.4 Å². The third kappa shape index (κ3) is 2.23. The van der Waals surface area contributed by atoms with Crippen LogP contribution >= 0.6 is 0 Å². The third-order valence-corrected chi connectivity index (χ3v) is 3.83. The molecule has 0 aliphatic heterocycles. The lowest BCUT2D eigenvalue weighted by Crippen LogP contribution is -2.50. The first-order valence-corrected chi connectivity index (χ1v) is 6.30. The number of nitrogens with one attached hydrogen (secondary N) is 1. The first-order chi connectivity index (χ1) is 7.66. The highest BCUT2D eigenvalue weighted by Gasteiger charge is 2.46. The molecule has 2 fully saturated rings. The molecule has 2 aliphatic rings. The molecular weight excluding hydrogens is 206 g/mol. The van der Waals surface area contributed by atoms with E-state index >= 15 is 0 Å². The van der Waals surface area contributed by atoms with Crippen molar-refractivity contribution in [3.05, 3.63) is 0 Å². The molecule has 4 heteroatoms. The zero-order chi connectivity index (χ0) is 11.6. The predicted molar refractivity (Wildman–Crippen MR) is 60.4 cm³/mol. The topological polar surface area (TPSA) is 58.6 Å². The van der Waals surface area contributed by atoms with Crippen molar-refractivity contribution in [1.29, 1.82) is 0 Å². The number of aliphatic carboxylic acids is 1. The van der Waals surface area contributed by atoms with Crippen LogP contribution in [0.5, 0.6) is 0 Å². The van der Waals surface area contributed by atoms with Crippen LogP contribution in [0.2, 0.25) is 0 Å². The fraction of sp³-hybridized carbons (Fsp3) is 0.917. The highest BCUT2D eigenvalue weighted by atomic mass is 16.5. The summed E-state index contributed by atoms with van der Waals surface area (Å²) in [5, 5.41) is 12.4. The van der Waals surface area contributed by atoms with Gasteiger partial charge < -0.3 is 15.2 Å². The second kappa shape index (κ2) is 4.72. The van der Waals surface area contributed by atoms with Gasteiger partial charge >= 0.3 is 5.97 Å². The molecule has 2 saturated carbocycles. The van der Waals surface area contributed by atoms with Crippen molar-refractivity contribution in [2.24, 2.45) is 0 Å². The number of carbonyl (C=O) groups is 1. The van der Waals surface area contributed by atoms with Crippen LogP contribution in [0.4, 0.5) is 0 Å². The predicted octanol–water partition coefficient (Wildman–Crippen LogP) is 1.54. The van der Waals surface area contributed by atoms with E-state index in [-0.39, 0.29) is 6.10 Å². The minimum Gasteiger partial charge on any atom is -0.480 e. The molecule has 0 saturated heterocycles. The molecule has 2 aliphatic carbocycles. The van der Waals surface area contributed by atoms with E-state index in [1.165, 1.54) is 6.42 Å². The second-order valence-corrected chi connectivity index (χ2v) is 4.97. The van der Waals surface area contributed by atoms with E-state index in [1.54, 1.807) is 0 Å². The van der Waals surface area contributed by atoms with Crippen molar-refractivity contribution in [3.63, 3.8) is 0 Å². The summed E-state index contributed by atoms with van der Waals surface area (Å²) < 4.78 is 5.90. The minimum atomic E-state index is -0.733.